The number of hydrogen-bond acceptors (Lipinski definition) is 3. The fourth-order valence-electron chi connectivity index (χ4n) is 1.14. The van der Waals surface area contributed by atoms with Crippen LogP contribution < -0.4 is 0 Å². The highest BCUT2D eigenvalue weighted by Gasteiger charge is 2.12. The van der Waals surface area contributed by atoms with E-state index in [0.717, 1.165) is 5.76 Å². The molecule has 0 fully saturated rings. The van der Waals surface area contributed by atoms with Crippen LogP contribution in [0.4, 0.5) is 0 Å². The Morgan fingerprint density at radius 3 is 2.53 bits per heavy atom. The van der Waals surface area contributed by atoms with E-state index in [4.69, 9.17) is 9.16 Å². The van der Waals surface area contributed by atoms with Gasteiger partial charge in [0, 0.05) is 0 Å². The van der Waals surface area contributed by atoms with Crippen LogP contribution in [0.2, 0.25) is 13.1 Å². The van der Waals surface area contributed by atoms with Crippen LogP contribution in [0.1, 0.15) is 27.2 Å². The molecular weight excluding hydrogens is 208 g/mol. The van der Waals surface area contributed by atoms with E-state index in [9.17, 15) is 4.79 Å². The highest BCUT2D eigenvalue weighted by molar-refractivity contribution is 6.48. The van der Waals surface area contributed by atoms with Crippen LogP contribution in [0.5, 0.6) is 0 Å². The zero-order valence-electron chi connectivity index (χ0n) is 10.4. The van der Waals surface area contributed by atoms with Crippen LogP contribution in [0.3, 0.4) is 0 Å². The Labute approximate surface area is 94.2 Å². The van der Waals surface area contributed by atoms with Gasteiger partial charge in [0.05, 0.1) is 18.3 Å². The zero-order chi connectivity index (χ0) is 11.8. The van der Waals surface area contributed by atoms with E-state index >= 15 is 0 Å². The Hall–Kier alpha value is -0.773. The monoisotopic (exact) mass is 230 g/mol. The molecule has 1 unspecified atom stereocenters. The fraction of sp³-hybridized carbons (Fsp3) is 0.727. The highest BCUT2D eigenvalue weighted by Crippen LogP contribution is 2.09. The maximum atomic E-state index is 11.3. The normalized spacial score (nSPS) is 13.9. The summed E-state index contributed by atoms with van der Waals surface area (Å²) >= 11 is 0. The van der Waals surface area contributed by atoms with Crippen molar-refractivity contribution in [2.75, 3.05) is 6.61 Å². The Bertz CT molecular complexity index is 224. The Balaban J connectivity index is 3.96. The highest BCUT2D eigenvalue weighted by atomic mass is 28.3. The fourth-order valence-corrected chi connectivity index (χ4v) is 1.98. The molecule has 0 saturated heterocycles. The molecule has 15 heavy (non-hydrogen) atoms. The van der Waals surface area contributed by atoms with Crippen LogP contribution in [0, 0.1) is 5.92 Å². The van der Waals surface area contributed by atoms with Gasteiger partial charge in [0.1, 0.15) is 0 Å². The van der Waals surface area contributed by atoms with Gasteiger partial charge in [-0.25, -0.2) is 0 Å². The largest absolute Gasteiger partial charge is 0.550 e. The van der Waals surface area contributed by atoms with Crippen molar-refractivity contribution in [1.82, 2.24) is 0 Å². The van der Waals surface area contributed by atoms with Crippen LogP contribution in [0.25, 0.3) is 0 Å². The minimum atomic E-state index is -1.01. The molecule has 0 heterocycles. The average Bonchev–Trinajstić information content (AvgIpc) is 2.13. The topological polar surface area (TPSA) is 35.5 Å². The smallest absolute Gasteiger partial charge is 0.308 e. The first-order valence-corrected chi connectivity index (χ1v) is 8.25. The summed E-state index contributed by atoms with van der Waals surface area (Å²) in [6, 6.07) is 0. The molecule has 0 spiro atoms. The van der Waals surface area contributed by atoms with Crippen LogP contribution in [0.15, 0.2) is 11.8 Å². The molecule has 0 N–H and O–H groups in total. The number of allylic oxidation sites excluding steroid dienone is 2. The molecule has 0 saturated carbocycles. The third kappa shape index (κ3) is 7.19. The van der Waals surface area contributed by atoms with Crippen molar-refractivity contribution < 1.29 is 14.0 Å². The van der Waals surface area contributed by atoms with Gasteiger partial charge in [0.2, 0.25) is 9.04 Å². The molecule has 0 aromatic heterocycles. The molecule has 0 amide bonds. The van der Waals surface area contributed by atoms with Crippen molar-refractivity contribution in [2.24, 2.45) is 5.92 Å². The Kier molecular flexibility index (Phi) is 7.12. The second-order valence-electron chi connectivity index (χ2n) is 3.87. The summed E-state index contributed by atoms with van der Waals surface area (Å²) < 4.78 is 10.5. The number of esters is 1. The predicted octanol–water partition coefficient (Wildman–Crippen LogP) is 2.48. The SMILES string of the molecule is CCOC(=O)C(C)C/C=C(/C)O[SiH](C)C. The Morgan fingerprint density at radius 2 is 2.07 bits per heavy atom. The van der Waals surface area contributed by atoms with Crippen LogP contribution >= 0.6 is 0 Å². The summed E-state index contributed by atoms with van der Waals surface area (Å²) in [5.74, 6) is 0.702. The molecule has 0 aliphatic rings. The predicted molar refractivity (Wildman–Crippen MR) is 64.1 cm³/mol. The molecule has 0 bridgehead atoms. The van der Waals surface area contributed by atoms with Gasteiger partial charge >= 0.3 is 5.97 Å². The lowest BCUT2D eigenvalue weighted by Gasteiger charge is -2.11. The molecule has 0 aliphatic heterocycles. The molecule has 0 radical (unpaired) electrons. The molecule has 1 atom stereocenters. The molecule has 0 aromatic rings. The first-order valence-electron chi connectivity index (χ1n) is 5.47. The maximum Gasteiger partial charge on any atom is 0.308 e. The van der Waals surface area contributed by atoms with Gasteiger partial charge in [-0.05, 0) is 39.4 Å². The quantitative estimate of drug-likeness (QED) is 0.399. The third-order valence-corrected chi connectivity index (χ3v) is 2.71. The standard InChI is InChI=1S/C11H22O3Si/c1-6-13-11(12)9(2)7-8-10(3)14-15(4)5/h8-9,15H,6-7H2,1-5H3/b10-8-. The van der Waals surface area contributed by atoms with E-state index in [-0.39, 0.29) is 11.9 Å². The van der Waals surface area contributed by atoms with E-state index in [0.29, 0.717) is 13.0 Å². The lowest BCUT2D eigenvalue weighted by atomic mass is 10.1. The van der Waals surface area contributed by atoms with Crippen molar-refractivity contribution in [1.29, 1.82) is 0 Å². The summed E-state index contributed by atoms with van der Waals surface area (Å²) in [7, 11) is -1.01. The molecule has 0 aromatic carbocycles. The molecule has 0 rings (SSSR count). The van der Waals surface area contributed by atoms with E-state index in [2.05, 4.69) is 13.1 Å². The second kappa shape index (κ2) is 7.51. The van der Waals surface area contributed by atoms with Gasteiger partial charge in [0.25, 0.3) is 0 Å². The van der Waals surface area contributed by atoms with Gasteiger partial charge in [-0.1, -0.05) is 6.92 Å². The van der Waals surface area contributed by atoms with Crippen LogP contribution in [-0.2, 0) is 14.0 Å². The first-order chi connectivity index (χ1) is 6.97. The number of carbonyl (C=O) groups excluding carboxylic acids is 1. The van der Waals surface area contributed by atoms with Gasteiger partial charge in [-0.15, -0.1) is 0 Å². The van der Waals surface area contributed by atoms with Gasteiger partial charge in [-0.2, -0.15) is 0 Å². The molecule has 3 nitrogen and oxygen atoms in total. The van der Waals surface area contributed by atoms with E-state index in [1.54, 1.807) is 0 Å². The summed E-state index contributed by atoms with van der Waals surface area (Å²) in [5, 5.41) is 0. The van der Waals surface area contributed by atoms with Crippen LogP contribution in [-0.4, -0.2) is 21.6 Å². The van der Waals surface area contributed by atoms with Crippen molar-refractivity contribution in [3.63, 3.8) is 0 Å². The van der Waals surface area contributed by atoms with Gasteiger partial charge in [0.15, 0.2) is 0 Å². The molecule has 88 valence electrons. The molecule has 0 aliphatic carbocycles. The van der Waals surface area contributed by atoms with Crippen molar-refractivity contribution >= 4 is 15.0 Å². The van der Waals surface area contributed by atoms with E-state index in [1.807, 2.05) is 26.8 Å². The minimum Gasteiger partial charge on any atom is -0.550 e. The van der Waals surface area contributed by atoms with Crippen molar-refractivity contribution in [3.8, 4) is 0 Å². The van der Waals surface area contributed by atoms with E-state index in [1.165, 1.54) is 0 Å². The minimum absolute atomic E-state index is 0.0858. The number of hydrogen-bond donors (Lipinski definition) is 0. The number of rotatable bonds is 6. The van der Waals surface area contributed by atoms with E-state index < -0.39 is 9.04 Å². The number of carbonyl (C=O) groups is 1. The first kappa shape index (κ1) is 14.2. The molecule has 4 heteroatoms. The average molecular weight is 230 g/mol. The van der Waals surface area contributed by atoms with Gasteiger partial charge in [-0.3, -0.25) is 4.79 Å². The van der Waals surface area contributed by atoms with Gasteiger partial charge < -0.3 is 9.16 Å². The third-order valence-electron chi connectivity index (χ3n) is 1.87. The number of ether oxygens (including phenoxy) is 1. The molecular formula is C11H22O3Si. The summed E-state index contributed by atoms with van der Waals surface area (Å²) in [5.41, 5.74) is 0. The maximum absolute atomic E-state index is 11.3. The summed E-state index contributed by atoms with van der Waals surface area (Å²) in [6.45, 7) is 10.3. The lowest BCUT2D eigenvalue weighted by Crippen LogP contribution is -2.14. The summed E-state index contributed by atoms with van der Waals surface area (Å²) in [6.07, 6.45) is 2.65. The Morgan fingerprint density at radius 1 is 1.47 bits per heavy atom. The zero-order valence-corrected chi connectivity index (χ0v) is 11.5. The summed E-state index contributed by atoms with van der Waals surface area (Å²) in [4.78, 5) is 11.3. The van der Waals surface area contributed by atoms with Crippen molar-refractivity contribution in [2.45, 2.75) is 40.3 Å². The van der Waals surface area contributed by atoms with Crippen molar-refractivity contribution in [3.05, 3.63) is 11.8 Å². The second-order valence-corrected chi connectivity index (χ2v) is 6.20. The lowest BCUT2D eigenvalue weighted by molar-refractivity contribution is -0.147.